The van der Waals surface area contributed by atoms with Crippen molar-refractivity contribution in [3.63, 3.8) is 0 Å². The minimum absolute atomic E-state index is 0.0772. The Kier molecular flexibility index (Phi) is 4.97. The SMILES string of the molecule is CC(C#N)NC(CCO)C(C)(C)C. The zero-order valence-electron chi connectivity index (χ0n) is 8.96. The maximum atomic E-state index is 8.86. The van der Waals surface area contributed by atoms with Crippen LogP contribution in [0, 0.1) is 16.7 Å². The summed E-state index contributed by atoms with van der Waals surface area (Å²) in [5.74, 6) is 0. The highest BCUT2D eigenvalue weighted by Gasteiger charge is 2.24. The largest absolute Gasteiger partial charge is 0.396 e. The highest BCUT2D eigenvalue weighted by molar-refractivity contribution is 4.91. The molecule has 2 atom stereocenters. The summed E-state index contributed by atoms with van der Waals surface area (Å²) in [7, 11) is 0. The van der Waals surface area contributed by atoms with Crippen LogP contribution in [0.15, 0.2) is 0 Å². The van der Waals surface area contributed by atoms with Crippen LogP contribution < -0.4 is 5.32 Å². The number of rotatable bonds is 4. The average molecular weight is 184 g/mol. The van der Waals surface area contributed by atoms with Crippen LogP contribution in [0.2, 0.25) is 0 Å². The molecule has 3 heteroatoms. The van der Waals surface area contributed by atoms with E-state index in [-0.39, 0.29) is 24.1 Å². The first-order chi connectivity index (χ1) is 5.91. The van der Waals surface area contributed by atoms with E-state index in [4.69, 9.17) is 10.4 Å². The molecule has 0 bridgehead atoms. The number of hydrogen-bond donors (Lipinski definition) is 2. The Morgan fingerprint density at radius 1 is 1.46 bits per heavy atom. The van der Waals surface area contributed by atoms with Gasteiger partial charge in [0.1, 0.15) is 0 Å². The van der Waals surface area contributed by atoms with Gasteiger partial charge in [0.25, 0.3) is 0 Å². The molecule has 0 fully saturated rings. The van der Waals surface area contributed by atoms with Gasteiger partial charge in [0.05, 0.1) is 12.1 Å². The first-order valence-corrected chi connectivity index (χ1v) is 4.68. The summed E-state index contributed by atoms with van der Waals surface area (Å²) in [6, 6.07) is 2.16. The lowest BCUT2D eigenvalue weighted by molar-refractivity contribution is 0.194. The van der Waals surface area contributed by atoms with Gasteiger partial charge < -0.3 is 5.11 Å². The molecule has 0 aliphatic heterocycles. The molecule has 13 heavy (non-hydrogen) atoms. The molecule has 0 aromatic carbocycles. The molecule has 2 unspecified atom stereocenters. The van der Waals surface area contributed by atoms with Crippen molar-refractivity contribution in [3.05, 3.63) is 0 Å². The molecule has 76 valence electrons. The van der Waals surface area contributed by atoms with Crippen molar-refractivity contribution in [1.29, 1.82) is 5.26 Å². The van der Waals surface area contributed by atoms with Crippen LogP contribution in [-0.2, 0) is 0 Å². The Hall–Kier alpha value is -0.590. The quantitative estimate of drug-likeness (QED) is 0.692. The minimum atomic E-state index is -0.157. The van der Waals surface area contributed by atoms with Crippen molar-refractivity contribution >= 4 is 0 Å². The van der Waals surface area contributed by atoms with Crippen molar-refractivity contribution in [2.45, 2.75) is 46.2 Å². The Labute approximate surface area is 80.8 Å². The highest BCUT2D eigenvalue weighted by Crippen LogP contribution is 2.21. The molecule has 0 saturated carbocycles. The molecule has 0 saturated heterocycles. The van der Waals surface area contributed by atoms with Crippen molar-refractivity contribution < 1.29 is 5.11 Å². The van der Waals surface area contributed by atoms with E-state index in [2.05, 4.69) is 32.2 Å². The topological polar surface area (TPSA) is 56.0 Å². The number of hydrogen-bond acceptors (Lipinski definition) is 3. The summed E-state index contributed by atoms with van der Waals surface area (Å²) >= 11 is 0. The molecular weight excluding hydrogens is 164 g/mol. The lowest BCUT2D eigenvalue weighted by Gasteiger charge is -2.32. The molecule has 0 aromatic heterocycles. The second-order valence-electron chi connectivity index (χ2n) is 4.45. The van der Waals surface area contributed by atoms with E-state index in [9.17, 15) is 0 Å². The molecule has 0 heterocycles. The zero-order chi connectivity index (χ0) is 10.5. The Morgan fingerprint density at radius 3 is 2.31 bits per heavy atom. The van der Waals surface area contributed by atoms with Crippen LogP contribution in [-0.4, -0.2) is 23.8 Å². The fraction of sp³-hybridized carbons (Fsp3) is 0.900. The monoisotopic (exact) mass is 184 g/mol. The average Bonchev–Trinajstić information content (AvgIpc) is 2.01. The molecule has 0 spiro atoms. The first kappa shape index (κ1) is 12.4. The van der Waals surface area contributed by atoms with E-state index in [1.165, 1.54) is 0 Å². The van der Waals surface area contributed by atoms with Crippen LogP contribution in [0.1, 0.15) is 34.1 Å². The van der Waals surface area contributed by atoms with Gasteiger partial charge in [-0.15, -0.1) is 0 Å². The lowest BCUT2D eigenvalue weighted by Crippen LogP contribution is -2.44. The molecular formula is C10H20N2O. The van der Waals surface area contributed by atoms with E-state index in [1.807, 2.05) is 6.92 Å². The first-order valence-electron chi connectivity index (χ1n) is 4.68. The van der Waals surface area contributed by atoms with E-state index >= 15 is 0 Å². The van der Waals surface area contributed by atoms with Crippen molar-refractivity contribution in [2.24, 2.45) is 5.41 Å². The normalized spacial score (nSPS) is 16.3. The molecule has 0 rings (SSSR count). The van der Waals surface area contributed by atoms with Crippen molar-refractivity contribution in [2.75, 3.05) is 6.61 Å². The van der Waals surface area contributed by atoms with Crippen LogP contribution in [0.4, 0.5) is 0 Å². The summed E-state index contributed by atoms with van der Waals surface area (Å²) in [4.78, 5) is 0. The second kappa shape index (κ2) is 5.21. The van der Waals surface area contributed by atoms with Gasteiger partial charge >= 0.3 is 0 Å². The lowest BCUT2D eigenvalue weighted by atomic mass is 9.84. The van der Waals surface area contributed by atoms with Crippen molar-refractivity contribution in [3.8, 4) is 6.07 Å². The minimum Gasteiger partial charge on any atom is -0.396 e. The van der Waals surface area contributed by atoms with E-state index in [0.29, 0.717) is 6.42 Å². The maximum absolute atomic E-state index is 8.86. The third kappa shape index (κ3) is 4.87. The fourth-order valence-electron chi connectivity index (χ4n) is 1.23. The molecule has 0 amide bonds. The number of nitrogens with one attached hydrogen (secondary N) is 1. The summed E-state index contributed by atoms with van der Waals surface area (Å²) in [5, 5.41) is 20.7. The number of nitriles is 1. The second-order valence-corrected chi connectivity index (χ2v) is 4.45. The van der Waals surface area contributed by atoms with Gasteiger partial charge in [-0.3, -0.25) is 5.32 Å². The molecule has 0 aliphatic carbocycles. The predicted molar refractivity (Wildman–Crippen MR) is 53.2 cm³/mol. The van der Waals surface area contributed by atoms with Gasteiger partial charge in [-0.1, -0.05) is 20.8 Å². The standard InChI is InChI=1S/C10H20N2O/c1-8(7-11)12-9(5-6-13)10(2,3)4/h8-9,12-13H,5-6H2,1-4H3. The summed E-state index contributed by atoms with van der Waals surface area (Å²) in [6.07, 6.45) is 0.690. The van der Waals surface area contributed by atoms with E-state index in [0.717, 1.165) is 0 Å². The third-order valence-corrected chi connectivity index (χ3v) is 2.11. The molecule has 3 nitrogen and oxygen atoms in total. The molecule has 0 aromatic rings. The Balaban J connectivity index is 4.20. The predicted octanol–water partition coefficient (Wildman–Crippen LogP) is 1.29. The zero-order valence-corrected chi connectivity index (χ0v) is 8.96. The maximum Gasteiger partial charge on any atom is 0.0926 e. The number of aliphatic hydroxyl groups is 1. The van der Waals surface area contributed by atoms with Gasteiger partial charge in [0.2, 0.25) is 0 Å². The van der Waals surface area contributed by atoms with E-state index in [1.54, 1.807) is 0 Å². The smallest absolute Gasteiger partial charge is 0.0926 e. The fourth-order valence-corrected chi connectivity index (χ4v) is 1.23. The number of aliphatic hydroxyl groups excluding tert-OH is 1. The molecule has 0 aliphatic rings. The van der Waals surface area contributed by atoms with Crippen LogP contribution >= 0.6 is 0 Å². The summed E-state index contributed by atoms with van der Waals surface area (Å²) in [5.41, 5.74) is 0.0772. The van der Waals surface area contributed by atoms with Gasteiger partial charge in [0.15, 0.2) is 0 Å². The molecule has 2 N–H and O–H groups in total. The summed E-state index contributed by atoms with van der Waals surface area (Å²) < 4.78 is 0. The summed E-state index contributed by atoms with van der Waals surface area (Å²) in [6.45, 7) is 8.29. The Bertz CT molecular complexity index is 178. The van der Waals surface area contributed by atoms with Crippen LogP contribution in [0.5, 0.6) is 0 Å². The van der Waals surface area contributed by atoms with Crippen LogP contribution in [0.25, 0.3) is 0 Å². The Morgan fingerprint density at radius 2 is 2.00 bits per heavy atom. The third-order valence-electron chi connectivity index (χ3n) is 2.11. The van der Waals surface area contributed by atoms with E-state index < -0.39 is 0 Å². The van der Waals surface area contributed by atoms with Gasteiger partial charge in [-0.2, -0.15) is 5.26 Å². The van der Waals surface area contributed by atoms with Crippen LogP contribution in [0.3, 0.4) is 0 Å². The molecule has 0 radical (unpaired) electrons. The van der Waals surface area contributed by atoms with Gasteiger partial charge in [0, 0.05) is 12.6 Å². The van der Waals surface area contributed by atoms with Crippen molar-refractivity contribution in [1.82, 2.24) is 5.32 Å². The van der Waals surface area contributed by atoms with Gasteiger partial charge in [-0.05, 0) is 18.8 Å². The highest BCUT2D eigenvalue weighted by atomic mass is 16.3. The number of nitrogens with zero attached hydrogens (tertiary/aromatic N) is 1. The van der Waals surface area contributed by atoms with Gasteiger partial charge in [-0.25, -0.2) is 0 Å².